The van der Waals surface area contributed by atoms with Gasteiger partial charge in [0, 0.05) is 18.1 Å². The molecule has 1 saturated carbocycles. The summed E-state index contributed by atoms with van der Waals surface area (Å²) in [6, 6.07) is 0.488. The van der Waals surface area contributed by atoms with Crippen LogP contribution >= 0.6 is 0 Å². The van der Waals surface area contributed by atoms with E-state index in [-0.39, 0.29) is 23.5 Å². The molecule has 1 aliphatic heterocycles. The maximum Gasteiger partial charge on any atom is 0.273 e. The summed E-state index contributed by atoms with van der Waals surface area (Å²) in [5.74, 6) is -0.119. The van der Waals surface area contributed by atoms with Crippen LogP contribution in [0.15, 0.2) is 6.20 Å². The minimum absolute atomic E-state index is 0.0384. The van der Waals surface area contributed by atoms with Crippen LogP contribution in [0.5, 0.6) is 0 Å². The van der Waals surface area contributed by atoms with Crippen LogP contribution in [-0.4, -0.2) is 52.7 Å². The number of carbonyl (C=O) groups excluding carboxylic acids is 1. The summed E-state index contributed by atoms with van der Waals surface area (Å²) in [4.78, 5) is 12.6. The third kappa shape index (κ3) is 3.44. The van der Waals surface area contributed by atoms with Crippen molar-refractivity contribution in [1.29, 1.82) is 0 Å². The monoisotopic (exact) mass is 349 g/mol. The van der Waals surface area contributed by atoms with E-state index in [9.17, 15) is 4.79 Å². The molecule has 2 aliphatic rings. The van der Waals surface area contributed by atoms with E-state index >= 15 is 0 Å². The quantitative estimate of drug-likeness (QED) is 0.786. The Bertz CT molecular complexity index is 578. The summed E-state index contributed by atoms with van der Waals surface area (Å²) in [6.07, 6.45) is 6.97. The van der Waals surface area contributed by atoms with Crippen LogP contribution in [0.3, 0.4) is 0 Å². The molecule has 2 heterocycles. The Morgan fingerprint density at radius 3 is 2.72 bits per heavy atom. The summed E-state index contributed by atoms with van der Waals surface area (Å²) < 4.78 is 7.74. The second-order valence-corrected chi connectivity index (χ2v) is 7.21. The molecule has 1 aromatic rings. The van der Waals surface area contributed by atoms with Crippen molar-refractivity contribution in [3.8, 4) is 0 Å². The summed E-state index contributed by atoms with van der Waals surface area (Å²) in [6.45, 7) is 9.09. The number of nitrogens with zero attached hydrogens (tertiary/aromatic N) is 3. The van der Waals surface area contributed by atoms with Crippen LogP contribution < -0.4 is 10.6 Å². The molecular formula is C18H31N5O2. The lowest BCUT2D eigenvalue weighted by molar-refractivity contribution is -0.134. The van der Waals surface area contributed by atoms with Crippen LogP contribution in [0.4, 0.5) is 0 Å². The van der Waals surface area contributed by atoms with Crippen LogP contribution in [-0.2, 0) is 4.74 Å². The third-order valence-corrected chi connectivity index (χ3v) is 6.20. The maximum absolute atomic E-state index is 12.6. The van der Waals surface area contributed by atoms with Crippen LogP contribution in [0.1, 0.15) is 69.4 Å². The van der Waals surface area contributed by atoms with Gasteiger partial charge in [-0.25, -0.2) is 4.68 Å². The Balaban J connectivity index is 1.63. The van der Waals surface area contributed by atoms with Gasteiger partial charge < -0.3 is 15.4 Å². The molecule has 2 N–H and O–H groups in total. The van der Waals surface area contributed by atoms with Gasteiger partial charge in [-0.3, -0.25) is 4.79 Å². The molecule has 0 radical (unpaired) electrons. The average Bonchev–Trinajstić information content (AvgIpc) is 3.13. The molecule has 0 unspecified atom stereocenters. The molecule has 1 saturated heterocycles. The second kappa shape index (κ2) is 7.83. The first-order valence-electron chi connectivity index (χ1n) is 9.69. The average molecular weight is 349 g/mol. The number of nitrogens with one attached hydrogen (secondary N) is 2. The highest BCUT2D eigenvalue weighted by molar-refractivity contribution is 5.92. The predicted molar refractivity (Wildman–Crippen MR) is 95.5 cm³/mol. The fraction of sp³-hybridized carbons (Fsp3) is 0.833. The SMILES string of the molecule is CCO[C@H]1C[C@@H](NC(=O)c2cn(C3CCNCC3)nn2)C1(CC)CC. The lowest BCUT2D eigenvalue weighted by Gasteiger charge is -2.55. The molecule has 2 fully saturated rings. The van der Waals surface area contributed by atoms with Crippen molar-refractivity contribution in [2.45, 2.75) is 71.1 Å². The maximum atomic E-state index is 12.6. The minimum atomic E-state index is -0.119. The summed E-state index contributed by atoms with van der Waals surface area (Å²) in [5.41, 5.74) is 0.455. The first-order valence-corrected chi connectivity index (χ1v) is 9.69. The Kier molecular flexibility index (Phi) is 5.74. The predicted octanol–water partition coefficient (Wildman–Crippen LogP) is 1.92. The number of amides is 1. The smallest absolute Gasteiger partial charge is 0.273 e. The molecule has 3 rings (SSSR count). The minimum Gasteiger partial charge on any atom is -0.378 e. The topological polar surface area (TPSA) is 81.1 Å². The van der Waals surface area contributed by atoms with Gasteiger partial charge in [0.1, 0.15) is 0 Å². The van der Waals surface area contributed by atoms with Gasteiger partial charge in [-0.1, -0.05) is 19.1 Å². The number of piperidine rings is 1. The van der Waals surface area contributed by atoms with E-state index in [1.165, 1.54) is 0 Å². The molecular weight excluding hydrogens is 318 g/mol. The first kappa shape index (κ1) is 18.3. The zero-order chi connectivity index (χ0) is 17.9. The molecule has 1 aliphatic carbocycles. The molecule has 0 spiro atoms. The van der Waals surface area contributed by atoms with Crippen molar-refractivity contribution in [2.24, 2.45) is 5.41 Å². The van der Waals surface area contributed by atoms with E-state index < -0.39 is 0 Å². The lowest BCUT2D eigenvalue weighted by Crippen LogP contribution is -2.64. The van der Waals surface area contributed by atoms with Gasteiger partial charge in [0.2, 0.25) is 0 Å². The highest BCUT2D eigenvalue weighted by Gasteiger charge is 2.54. The van der Waals surface area contributed by atoms with Crippen molar-refractivity contribution < 1.29 is 9.53 Å². The molecule has 25 heavy (non-hydrogen) atoms. The van der Waals surface area contributed by atoms with Crippen molar-refractivity contribution >= 4 is 5.91 Å². The molecule has 2 atom stereocenters. The first-order chi connectivity index (χ1) is 12.1. The van der Waals surface area contributed by atoms with Crippen LogP contribution in [0, 0.1) is 5.41 Å². The zero-order valence-electron chi connectivity index (χ0n) is 15.6. The number of ether oxygens (including phenoxy) is 1. The summed E-state index contributed by atoms with van der Waals surface area (Å²) in [7, 11) is 0. The van der Waals surface area contributed by atoms with Crippen molar-refractivity contribution in [3.63, 3.8) is 0 Å². The highest BCUT2D eigenvalue weighted by Crippen LogP contribution is 2.48. The van der Waals surface area contributed by atoms with Gasteiger partial charge in [-0.15, -0.1) is 5.10 Å². The van der Waals surface area contributed by atoms with Crippen molar-refractivity contribution in [3.05, 3.63) is 11.9 Å². The molecule has 1 amide bonds. The van der Waals surface area contributed by atoms with Crippen molar-refractivity contribution in [2.75, 3.05) is 19.7 Å². The third-order valence-electron chi connectivity index (χ3n) is 6.20. The van der Waals surface area contributed by atoms with Crippen LogP contribution in [0.2, 0.25) is 0 Å². The molecule has 1 aromatic heterocycles. The standard InChI is InChI=1S/C18H31N5O2/c1-4-18(5-2)15(11-16(18)25-6-3)20-17(24)14-12-23(22-21-14)13-7-9-19-10-8-13/h12-13,15-16,19H,4-11H2,1-3H3,(H,20,24)/t15-,16+/m1/s1. The number of carbonyl (C=O) groups is 1. The van der Waals surface area contributed by atoms with E-state index in [1.54, 1.807) is 6.20 Å². The lowest BCUT2D eigenvalue weighted by atomic mass is 9.58. The van der Waals surface area contributed by atoms with Gasteiger partial charge in [-0.05, 0) is 52.1 Å². The Hall–Kier alpha value is -1.47. The largest absolute Gasteiger partial charge is 0.378 e. The summed E-state index contributed by atoms with van der Waals surface area (Å²) >= 11 is 0. The van der Waals surface area contributed by atoms with Gasteiger partial charge in [-0.2, -0.15) is 0 Å². The van der Waals surface area contributed by atoms with E-state index in [4.69, 9.17) is 4.74 Å². The number of hydrogen-bond acceptors (Lipinski definition) is 5. The number of aromatic nitrogens is 3. The van der Waals surface area contributed by atoms with Gasteiger partial charge in [0.25, 0.3) is 5.91 Å². The second-order valence-electron chi connectivity index (χ2n) is 7.21. The number of rotatable bonds is 7. The fourth-order valence-corrected chi connectivity index (χ4v) is 4.45. The van der Waals surface area contributed by atoms with Crippen LogP contribution in [0.25, 0.3) is 0 Å². The van der Waals surface area contributed by atoms with E-state index in [0.29, 0.717) is 11.7 Å². The zero-order valence-corrected chi connectivity index (χ0v) is 15.6. The molecule has 7 heteroatoms. The van der Waals surface area contributed by atoms with E-state index in [0.717, 1.165) is 51.8 Å². The van der Waals surface area contributed by atoms with Gasteiger partial charge in [0.05, 0.1) is 18.3 Å². The normalized spacial score (nSPS) is 26.2. The Morgan fingerprint density at radius 1 is 1.36 bits per heavy atom. The molecule has 0 aromatic carbocycles. The van der Waals surface area contributed by atoms with E-state index in [2.05, 4.69) is 34.8 Å². The van der Waals surface area contributed by atoms with Gasteiger partial charge >= 0.3 is 0 Å². The molecule has 140 valence electrons. The Labute approximate surface area is 149 Å². The Morgan fingerprint density at radius 2 is 2.08 bits per heavy atom. The van der Waals surface area contributed by atoms with Crippen molar-refractivity contribution in [1.82, 2.24) is 25.6 Å². The van der Waals surface area contributed by atoms with E-state index in [1.807, 2.05) is 11.6 Å². The van der Waals surface area contributed by atoms with Gasteiger partial charge in [0.15, 0.2) is 5.69 Å². The highest BCUT2D eigenvalue weighted by atomic mass is 16.5. The molecule has 7 nitrogen and oxygen atoms in total. The fourth-order valence-electron chi connectivity index (χ4n) is 4.45. The number of hydrogen-bond donors (Lipinski definition) is 2. The summed E-state index contributed by atoms with van der Waals surface area (Å²) in [5, 5.41) is 14.8. The molecule has 0 bridgehead atoms.